The first-order valence-corrected chi connectivity index (χ1v) is 10.5. The summed E-state index contributed by atoms with van der Waals surface area (Å²) >= 11 is 1.22. The molecule has 1 aliphatic rings. The molecule has 0 bridgehead atoms. The molecule has 2 aromatic carbocycles. The number of tetrazole rings is 1. The van der Waals surface area contributed by atoms with Crippen LogP contribution in [0.25, 0.3) is 0 Å². The monoisotopic (exact) mass is 411 g/mol. The molecule has 0 aliphatic heterocycles. The molecule has 1 amide bonds. The van der Waals surface area contributed by atoms with E-state index in [0.717, 1.165) is 0 Å². The summed E-state index contributed by atoms with van der Waals surface area (Å²) in [6.07, 6.45) is 6.34. The molecule has 0 spiro atoms. The highest BCUT2D eigenvalue weighted by Crippen LogP contribution is 2.33. The van der Waals surface area contributed by atoms with E-state index in [9.17, 15) is 9.18 Å². The lowest BCUT2D eigenvalue weighted by molar-refractivity contribution is 0.102. The zero-order valence-electron chi connectivity index (χ0n) is 16.1. The minimum absolute atomic E-state index is 0.245. The topological polar surface area (TPSA) is 72.7 Å². The number of hydrogen-bond acceptors (Lipinski definition) is 5. The Balaban J connectivity index is 1.50. The molecule has 0 unspecified atom stereocenters. The summed E-state index contributed by atoms with van der Waals surface area (Å²) in [4.78, 5) is 13.4. The smallest absolute Gasteiger partial charge is 0.256 e. The highest BCUT2D eigenvalue weighted by Gasteiger charge is 2.18. The fourth-order valence-electron chi connectivity index (χ4n) is 3.65. The molecule has 1 N–H and O–H groups in total. The molecular weight excluding hydrogens is 389 g/mol. The Morgan fingerprint density at radius 3 is 2.59 bits per heavy atom. The third kappa shape index (κ3) is 4.64. The Bertz CT molecular complexity index is 999. The molecule has 29 heavy (non-hydrogen) atoms. The predicted molar refractivity (Wildman–Crippen MR) is 110 cm³/mol. The maximum Gasteiger partial charge on any atom is 0.256 e. The summed E-state index contributed by atoms with van der Waals surface area (Å²) in [5, 5.41) is 14.7. The van der Waals surface area contributed by atoms with Crippen molar-refractivity contribution in [3.63, 3.8) is 0 Å². The van der Waals surface area contributed by atoms with Gasteiger partial charge < -0.3 is 5.32 Å². The number of carbonyl (C=O) groups excluding carboxylic acids is 1. The molecule has 1 fully saturated rings. The van der Waals surface area contributed by atoms with Crippen molar-refractivity contribution in [1.82, 2.24) is 20.2 Å². The zero-order valence-corrected chi connectivity index (χ0v) is 17.0. The van der Waals surface area contributed by atoms with Crippen LogP contribution in [-0.4, -0.2) is 26.1 Å². The summed E-state index contributed by atoms with van der Waals surface area (Å²) in [5.41, 5.74) is 2.25. The summed E-state index contributed by atoms with van der Waals surface area (Å²) < 4.78 is 15.3. The Labute approximate surface area is 172 Å². The fourth-order valence-corrected chi connectivity index (χ4v) is 4.49. The molecular formula is C21H22FN5OS. The number of amides is 1. The van der Waals surface area contributed by atoms with Crippen LogP contribution < -0.4 is 5.32 Å². The first kappa shape index (κ1) is 19.6. The first-order chi connectivity index (χ1) is 14.1. The summed E-state index contributed by atoms with van der Waals surface area (Å²) in [7, 11) is 1.71. The van der Waals surface area contributed by atoms with E-state index < -0.39 is 5.82 Å². The number of anilines is 1. The Hall–Kier alpha value is -2.74. The van der Waals surface area contributed by atoms with Crippen LogP contribution in [0, 0.1) is 5.82 Å². The largest absolute Gasteiger partial charge is 0.322 e. The standard InChI is InChI=1S/C21H22FN5OS/c1-27-21(24-25-26-27)29-19-12-9-16(22)13-18(19)20(28)23-17-10-7-15(8-11-17)14-5-3-2-4-6-14/h7-14H,2-6H2,1H3,(H,23,28). The van der Waals surface area contributed by atoms with Crippen LogP contribution in [0.1, 0.15) is 53.9 Å². The van der Waals surface area contributed by atoms with Crippen LogP contribution in [0.4, 0.5) is 10.1 Å². The van der Waals surface area contributed by atoms with Crippen molar-refractivity contribution < 1.29 is 9.18 Å². The van der Waals surface area contributed by atoms with Gasteiger partial charge in [-0.25, -0.2) is 9.07 Å². The van der Waals surface area contributed by atoms with Gasteiger partial charge in [0, 0.05) is 17.6 Å². The second-order valence-corrected chi connectivity index (χ2v) is 8.25. The average molecular weight is 412 g/mol. The molecule has 0 atom stereocenters. The van der Waals surface area contributed by atoms with Crippen LogP contribution in [0.15, 0.2) is 52.5 Å². The van der Waals surface area contributed by atoms with E-state index in [2.05, 4.69) is 33.0 Å². The van der Waals surface area contributed by atoms with Crippen LogP contribution >= 0.6 is 11.8 Å². The van der Waals surface area contributed by atoms with Gasteiger partial charge in [-0.1, -0.05) is 31.4 Å². The third-order valence-corrected chi connectivity index (χ3v) is 6.32. The molecule has 1 aromatic heterocycles. The van der Waals surface area contributed by atoms with Crippen molar-refractivity contribution in [3.05, 3.63) is 59.4 Å². The van der Waals surface area contributed by atoms with E-state index in [-0.39, 0.29) is 11.5 Å². The number of halogens is 1. The van der Waals surface area contributed by atoms with Crippen molar-refractivity contribution in [3.8, 4) is 0 Å². The van der Waals surface area contributed by atoms with Gasteiger partial charge in [0.2, 0.25) is 5.16 Å². The maximum absolute atomic E-state index is 13.8. The minimum Gasteiger partial charge on any atom is -0.322 e. The van der Waals surface area contributed by atoms with Crippen molar-refractivity contribution in [2.75, 3.05) is 5.32 Å². The Morgan fingerprint density at radius 1 is 1.14 bits per heavy atom. The number of nitrogens with zero attached hydrogens (tertiary/aromatic N) is 4. The van der Waals surface area contributed by atoms with Gasteiger partial charge in [0.1, 0.15) is 5.82 Å². The molecule has 1 saturated carbocycles. The molecule has 0 saturated heterocycles. The van der Waals surface area contributed by atoms with E-state index in [1.54, 1.807) is 13.1 Å². The molecule has 1 aliphatic carbocycles. The van der Waals surface area contributed by atoms with Crippen molar-refractivity contribution >= 4 is 23.4 Å². The van der Waals surface area contributed by atoms with E-state index >= 15 is 0 Å². The lowest BCUT2D eigenvalue weighted by Crippen LogP contribution is -2.14. The SMILES string of the molecule is Cn1nnnc1Sc1ccc(F)cc1C(=O)Nc1ccc(C2CCCCC2)cc1. The normalized spacial score (nSPS) is 14.7. The number of benzene rings is 2. The molecule has 6 nitrogen and oxygen atoms in total. The molecule has 0 radical (unpaired) electrons. The van der Waals surface area contributed by atoms with Crippen LogP contribution in [0.3, 0.4) is 0 Å². The van der Waals surface area contributed by atoms with E-state index in [4.69, 9.17) is 0 Å². The lowest BCUT2D eigenvalue weighted by Gasteiger charge is -2.22. The van der Waals surface area contributed by atoms with Gasteiger partial charge in [-0.15, -0.1) is 5.10 Å². The molecule has 3 aromatic rings. The minimum atomic E-state index is -0.469. The third-order valence-electron chi connectivity index (χ3n) is 5.21. The second-order valence-electron chi connectivity index (χ2n) is 7.24. The molecule has 8 heteroatoms. The van der Waals surface area contributed by atoms with Gasteiger partial charge in [0.15, 0.2) is 0 Å². The molecule has 1 heterocycles. The van der Waals surface area contributed by atoms with Crippen LogP contribution in [0.2, 0.25) is 0 Å². The van der Waals surface area contributed by atoms with Crippen molar-refractivity contribution in [1.29, 1.82) is 0 Å². The van der Waals surface area contributed by atoms with Crippen molar-refractivity contribution in [2.45, 2.75) is 48.1 Å². The first-order valence-electron chi connectivity index (χ1n) is 9.71. The number of aromatic nitrogens is 4. The number of aryl methyl sites for hydroxylation is 1. The van der Waals surface area contributed by atoms with E-state index in [1.165, 1.54) is 66.2 Å². The highest BCUT2D eigenvalue weighted by molar-refractivity contribution is 7.99. The van der Waals surface area contributed by atoms with Crippen LogP contribution in [-0.2, 0) is 7.05 Å². The number of rotatable bonds is 5. The number of nitrogens with one attached hydrogen (secondary N) is 1. The van der Waals surface area contributed by atoms with Gasteiger partial charge in [0.05, 0.1) is 5.56 Å². The predicted octanol–water partition coefficient (Wildman–Crippen LogP) is 4.80. The number of hydrogen-bond donors (Lipinski definition) is 1. The van der Waals surface area contributed by atoms with E-state index in [1.807, 2.05) is 12.1 Å². The van der Waals surface area contributed by atoms with Crippen LogP contribution in [0.5, 0.6) is 0 Å². The van der Waals surface area contributed by atoms with Gasteiger partial charge in [-0.05, 0) is 76.8 Å². The zero-order chi connectivity index (χ0) is 20.2. The molecule has 4 rings (SSSR count). The summed E-state index contributed by atoms with van der Waals surface area (Å²) in [6.45, 7) is 0. The fraction of sp³-hybridized carbons (Fsp3) is 0.333. The highest BCUT2D eigenvalue weighted by atomic mass is 32.2. The number of carbonyl (C=O) groups is 1. The summed E-state index contributed by atoms with van der Waals surface area (Å²) in [5.74, 6) is -0.226. The van der Waals surface area contributed by atoms with Gasteiger partial charge in [0.25, 0.3) is 5.91 Å². The van der Waals surface area contributed by atoms with Gasteiger partial charge >= 0.3 is 0 Å². The maximum atomic E-state index is 13.8. The Morgan fingerprint density at radius 2 is 1.90 bits per heavy atom. The van der Waals surface area contributed by atoms with Crippen molar-refractivity contribution in [2.24, 2.45) is 7.05 Å². The lowest BCUT2D eigenvalue weighted by atomic mass is 9.84. The summed E-state index contributed by atoms with van der Waals surface area (Å²) in [6, 6.07) is 12.1. The molecule has 150 valence electrons. The second kappa shape index (κ2) is 8.73. The average Bonchev–Trinajstić information content (AvgIpc) is 3.15. The van der Waals surface area contributed by atoms with E-state index in [0.29, 0.717) is 21.7 Å². The Kier molecular flexibility index (Phi) is 5.89. The van der Waals surface area contributed by atoms with Gasteiger partial charge in [-0.3, -0.25) is 4.79 Å². The van der Waals surface area contributed by atoms with Gasteiger partial charge in [-0.2, -0.15) is 0 Å². The quantitative estimate of drug-likeness (QED) is 0.653.